The molecule has 10 nitrogen and oxygen atoms in total. The number of hydrogen-bond donors (Lipinski definition) is 3. The molecule has 3 N–H and O–H groups in total. The molecular weight excluding hydrogens is 531 g/mol. The van der Waals surface area contributed by atoms with Crippen LogP contribution >= 0.6 is 11.6 Å². The third-order valence-electron chi connectivity index (χ3n) is 6.46. The molecule has 0 radical (unpaired) electrons. The molecule has 4 aromatic rings. The highest BCUT2D eigenvalue weighted by molar-refractivity contribution is 7.89. The van der Waals surface area contributed by atoms with Crippen LogP contribution in [0.4, 0.5) is 27.7 Å². The summed E-state index contributed by atoms with van der Waals surface area (Å²) in [5, 5.41) is 13.2. The highest BCUT2D eigenvalue weighted by atomic mass is 35.5. The van der Waals surface area contributed by atoms with Crippen LogP contribution in [-0.4, -0.2) is 51.0 Å². The van der Waals surface area contributed by atoms with Gasteiger partial charge in [-0.2, -0.15) is 14.4 Å². The van der Waals surface area contributed by atoms with E-state index in [4.69, 9.17) is 11.6 Å². The second kappa shape index (κ2) is 10.6. The van der Waals surface area contributed by atoms with E-state index in [1.807, 2.05) is 13.8 Å². The molecule has 0 aliphatic carbocycles. The number of rotatable bonds is 7. The maximum atomic E-state index is 15.2. The first-order valence-electron chi connectivity index (χ1n) is 12.0. The van der Waals surface area contributed by atoms with Gasteiger partial charge in [0.2, 0.25) is 16.0 Å². The van der Waals surface area contributed by atoms with Gasteiger partial charge in [0, 0.05) is 37.2 Å². The zero-order valence-electron chi connectivity index (χ0n) is 20.7. The van der Waals surface area contributed by atoms with E-state index in [0.29, 0.717) is 42.6 Å². The van der Waals surface area contributed by atoms with Crippen molar-refractivity contribution < 1.29 is 12.8 Å². The Kier molecular flexibility index (Phi) is 7.28. The van der Waals surface area contributed by atoms with E-state index in [1.54, 1.807) is 24.3 Å². The number of aromatic nitrogens is 5. The van der Waals surface area contributed by atoms with Gasteiger partial charge in [0.15, 0.2) is 11.6 Å². The summed E-state index contributed by atoms with van der Waals surface area (Å²) in [5.74, 6) is 0.632. The van der Waals surface area contributed by atoms with Gasteiger partial charge in [-0.15, -0.1) is 0 Å². The number of halogens is 2. The number of aryl methyl sites for hydroxylation is 2. The molecule has 38 heavy (non-hydrogen) atoms. The van der Waals surface area contributed by atoms with Crippen molar-refractivity contribution in [1.29, 1.82) is 0 Å². The van der Waals surface area contributed by atoms with Gasteiger partial charge in [0.25, 0.3) is 0 Å². The average Bonchev–Trinajstić information content (AvgIpc) is 3.33. The minimum absolute atomic E-state index is 0.0405. The Morgan fingerprint density at radius 3 is 2.61 bits per heavy atom. The molecule has 0 spiro atoms. The Morgan fingerprint density at radius 2 is 1.92 bits per heavy atom. The predicted molar refractivity (Wildman–Crippen MR) is 143 cm³/mol. The highest BCUT2D eigenvalue weighted by Gasteiger charge is 2.31. The van der Waals surface area contributed by atoms with Gasteiger partial charge in [-0.1, -0.05) is 11.6 Å². The Morgan fingerprint density at radius 1 is 1.13 bits per heavy atom. The second-order valence-electron chi connectivity index (χ2n) is 9.13. The van der Waals surface area contributed by atoms with Crippen molar-refractivity contribution in [1.82, 2.24) is 29.5 Å². The van der Waals surface area contributed by atoms with Crippen molar-refractivity contribution >= 4 is 44.9 Å². The maximum absolute atomic E-state index is 15.2. The molecule has 1 aliphatic heterocycles. The molecule has 0 saturated carbocycles. The Bertz CT molecular complexity index is 1560. The van der Waals surface area contributed by atoms with Crippen LogP contribution in [0.3, 0.4) is 0 Å². The lowest BCUT2D eigenvalue weighted by molar-refractivity contribution is 0.318. The number of anilines is 4. The summed E-state index contributed by atoms with van der Waals surface area (Å²) in [4.78, 5) is 12.6. The van der Waals surface area contributed by atoms with Gasteiger partial charge in [-0.05, 0) is 68.0 Å². The molecule has 0 amide bonds. The lowest BCUT2D eigenvalue weighted by atomic mass is 9.87. The van der Waals surface area contributed by atoms with Crippen LogP contribution in [0.25, 0.3) is 0 Å². The van der Waals surface area contributed by atoms with Crippen molar-refractivity contribution in [2.24, 2.45) is 0 Å². The molecule has 0 unspecified atom stereocenters. The van der Waals surface area contributed by atoms with Gasteiger partial charge in [-0.25, -0.2) is 17.8 Å². The second-order valence-corrected chi connectivity index (χ2v) is 11.5. The number of pyridine rings is 1. The number of piperidine rings is 1. The number of H-pyrrole nitrogens is 1. The molecule has 1 saturated heterocycles. The lowest BCUT2D eigenvalue weighted by Gasteiger charge is -2.32. The first-order chi connectivity index (χ1) is 18.2. The maximum Gasteiger partial charge on any atom is 0.244 e. The fraction of sp³-hybridized carbons (Fsp3) is 0.280. The molecule has 1 aliphatic rings. The molecule has 3 aromatic heterocycles. The fourth-order valence-corrected chi connectivity index (χ4v) is 6.10. The molecule has 1 fully saturated rings. The van der Waals surface area contributed by atoms with Gasteiger partial charge in [-0.3, -0.25) is 10.1 Å². The average molecular weight is 557 g/mol. The monoisotopic (exact) mass is 556 g/mol. The normalized spacial score (nSPS) is 14.9. The van der Waals surface area contributed by atoms with Crippen molar-refractivity contribution in [3.05, 3.63) is 76.6 Å². The minimum atomic E-state index is -3.60. The van der Waals surface area contributed by atoms with Crippen molar-refractivity contribution in [3.63, 3.8) is 0 Å². The fourth-order valence-electron chi connectivity index (χ4n) is 4.53. The van der Waals surface area contributed by atoms with Crippen molar-refractivity contribution in [3.8, 4) is 0 Å². The molecule has 5 rings (SSSR count). The number of nitrogens with one attached hydrogen (secondary N) is 3. The number of benzene rings is 1. The highest BCUT2D eigenvalue weighted by Crippen LogP contribution is 2.35. The van der Waals surface area contributed by atoms with Crippen LogP contribution < -0.4 is 10.6 Å². The molecular formula is C25H26ClFN8O2S. The van der Waals surface area contributed by atoms with Crippen molar-refractivity contribution in [2.75, 3.05) is 23.7 Å². The molecule has 0 atom stereocenters. The third-order valence-corrected chi connectivity index (χ3v) is 8.62. The Hall–Kier alpha value is -3.61. The van der Waals surface area contributed by atoms with Gasteiger partial charge in [0.05, 0.1) is 11.9 Å². The summed E-state index contributed by atoms with van der Waals surface area (Å²) in [6, 6.07) is 8.17. The number of aromatic amines is 1. The minimum Gasteiger partial charge on any atom is -0.322 e. The summed E-state index contributed by atoms with van der Waals surface area (Å²) in [6.07, 6.45) is 5.50. The smallest absolute Gasteiger partial charge is 0.244 e. The van der Waals surface area contributed by atoms with E-state index in [0.717, 1.165) is 16.8 Å². The van der Waals surface area contributed by atoms with E-state index in [-0.39, 0.29) is 22.4 Å². The SMILES string of the molecule is Cc1cc(Nc2nc(Nc3cc(C)c(C4CCN(S(=O)(=O)c5cccnc5)CC4)cc3F)ncc2Cl)n[nH]1. The van der Waals surface area contributed by atoms with E-state index >= 15 is 4.39 Å². The van der Waals surface area contributed by atoms with Gasteiger partial charge >= 0.3 is 0 Å². The van der Waals surface area contributed by atoms with Crippen LogP contribution in [-0.2, 0) is 10.0 Å². The summed E-state index contributed by atoms with van der Waals surface area (Å²) in [5.41, 5.74) is 2.85. The Balaban J connectivity index is 1.29. The lowest BCUT2D eigenvalue weighted by Crippen LogP contribution is -2.38. The number of sulfonamides is 1. The summed E-state index contributed by atoms with van der Waals surface area (Å²) in [6.45, 7) is 4.49. The third kappa shape index (κ3) is 5.47. The topological polar surface area (TPSA) is 129 Å². The van der Waals surface area contributed by atoms with Crippen LogP contribution in [0.15, 0.2) is 53.8 Å². The standard InChI is InChI=1S/C25H26ClFN8O2S/c1-15-10-22(30-25-29-14-20(26)24(32-25)31-23-11-16(2)33-34-23)21(27)12-19(15)17-5-8-35(9-6-17)38(36,37)18-4-3-7-28-13-18/h3-4,7,10-14,17H,5-6,8-9H2,1-2H3,(H3,29,30,31,32,33,34). The summed E-state index contributed by atoms with van der Waals surface area (Å²) in [7, 11) is -3.60. The van der Waals surface area contributed by atoms with E-state index in [9.17, 15) is 8.42 Å². The summed E-state index contributed by atoms with van der Waals surface area (Å²) >= 11 is 6.22. The van der Waals surface area contributed by atoms with Crippen LogP contribution in [0.2, 0.25) is 5.02 Å². The van der Waals surface area contributed by atoms with Crippen molar-refractivity contribution in [2.45, 2.75) is 37.5 Å². The van der Waals surface area contributed by atoms with Gasteiger partial charge in [0.1, 0.15) is 15.7 Å². The zero-order chi connectivity index (χ0) is 26.9. The molecule has 0 bridgehead atoms. The largest absolute Gasteiger partial charge is 0.322 e. The molecule has 198 valence electrons. The number of nitrogens with zero attached hydrogens (tertiary/aromatic N) is 5. The van der Waals surface area contributed by atoms with Crippen LogP contribution in [0.1, 0.15) is 35.6 Å². The molecule has 13 heteroatoms. The molecule has 1 aromatic carbocycles. The van der Waals surface area contributed by atoms with E-state index in [2.05, 4.69) is 35.8 Å². The number of hydrogen-bond acceptors (Lipinski definition) is 8. The quantitative estimate of drug-likeness (QED) is 0.288. The van der Waals surface area contributed by atoms with E-state index in [1.165, 1.54) is 29.0 Å². The van der Waals surface area contributed by atoms with Crippen LogP contribution in [0.5, 0.6) is 0 Å². The zero-order valence-corrected chi connectivity index (χ0v) is 22.3. The Labute approximate surface area is 224 Å². The van der Waals surface area contributed by atoms with Gasteiger partial charge < -0.3 is 10.6 Å². The summed E-state index contributed by atoms with van der Waals surface area (Å²) < 4.78 is 42.5. The van der Waals surface area contributed by atoms with E-state index < -0.39 is 15.8 Å². The first kappa shape index (κ1) is 26.0. The first-order valence-corrected chi connectivity index (χ1v) is 13.8. The van der Waals surface area contributed by atoms with Crippen LogP contribution in [0, 0.1) is 19.7 Å². The predicted octanol–water partition coefficient (Wildman–Crippen LogP) is 5.06. The molecule has 4 heterocycles.